The van der Waals surface area contributed by atoms with Gasteiger partial charge in [0.25, 0.3) is 5.91 Å². The first-order valence-electron chi connectivity index (χ1n) is 9.10. The molecular weight excluding hydrogens is 399 g/mol. The SMILES string of the molecule is CC(C)(C)C(=O)C1=C(O)C(=O)N(c2ccc(C(F)(F)F)cc2)C1c1cccc(O)c1. The van der Waals surface area contributed by atoms with E-state index >= 15 is 0 Å². The van der Waals surface area contributed by atoms with Gasteiger partial charge in [0.15, 0.2) is 11.5 Å². The molecule has 0 radical (unpaired) electrons. The number of aliphatic hydroxyl groups is 1. The number of ketones is 1. The van der Waals surface area contributed by atoms with Gasteiger partial charge in [-0.2, -0.15) is 13.2 Å². The lowest BCUT2D eigenvalue weighted by atomic mass is 9.82. The lowest BCUT2D eigenvalue weighted by molar-refractivity contribution is -0.137. The van der Waals surface area contributed by atoms with Crippen LogP contribution >= 0.6 is 0 Å². The van der Waals surface area contributed by atoms with E-state index in [1.54, 1.807) is 26.8 Å². The molecule has 3 rings (SSSR count). The first kappa shape index (κ1) is 21.4. The number of amides is 1. The molecule has 0 saturated carbocycles. The van der Waals surface area contributed by atoms with Crippen molar-refractivity contribution in [2.45, 2.75) is 33.0 Å². The third-order valence-corrected chi connectivity index (χ3v) is 4.79. The zero-order chi connectivity index (χ0) is 22.4. The Morgan fingerprint density at radius 1 is 1.00 bits per heavy atom. The van der Waals surface area contributed by atoms with E-state index in [-0.39, 0.29) is 17.0 Å². The van der Waals surface area contributed by atoms with Crippen molar-refractivity contribution in [3.8, 4) is 5.75 Å². The Bertz CT molecular complexity index is 1030. The normalized spacial score (nSPS) is 17.6. The smallest absolute Gasteiger partial charge is 0.416 e. The van der Waals surface area contributed by atoms with Crippen molar-refractivity contribution >= 4 is 17.4 Å². The van der Waals surface area contributed by atoms with E-state index in [1.807, 2.05) is 0 Å². The average Bonchev–Trinajstić information content (AvgIpc) is 2.91. The van der Waals surface area contributed by atoms with E-state index in [2.05, 4.69) is 0 Å². The molecule has 158 valence electrons. The van der Waals surface area contributed by atoms with Gasteiger partial charge in [-0.25, -0.2) is 0 Å². The predicted molar refractivity (Wildman–Crippen MR) is 104 cm³/mol. The number of Topliss-reactive ketones (excluding diaryl/α,β-unsaturated/α-hetero) is 1. The second-order valence-electron chi connectivity index (χ2n) is 8.06. The summed E-state index contributed by atoms with van der Waals surface area (Å²) in [6.07, 6.45) is -4.55. The lowest BCUT2D eigenvalue weighted by Crippen LogP contribution is -2.32. The van der Waals surface area contributed by atoms with Crippen LogP contribution in [-0.4, -0.2) is 21.9 Å². The summed E-state index contributed by atoms with van der Waals surface area (Å²) >= 11 is 0. The van der Waals surface area contributed by atoms with E-state index in [9.17, 15) is 33.0 Å². The minimum atomic E-state index is -4.55. The molecule has 0 aliphatic carbocycles. The number of carbonyl (C=O) groups is 2. The molecule has 2 N–H and O–H groups in total. The number of aliphatic hydroxyl groups excluding tert-OH is 1. The number of phenolic OH excluding ortho intramolecular Hbond substituents is 1. The Morgan fingerprint density at radius 3 is 2.10 bits per heavy atom. The van der Waals surface area contributed by atoms with Crippen LogP contribution in [0.5, 0.6) is 5.75 Å². The zero-order valence-corrected chi connectivity index (χ0v) is 16.5. The number of halogens is 3. The summed E-state index contributed by atoms with van der Waals surface area (Å²) in [6, 6.07) is 8.56. The van der Waals surface area contributed by atoms with Crippen LogP contribution in [0.2, 0.25) is 0 Å². The number of phenols is 1. The fourth-order valence-electron chi connectivity index (χ4n) is 3.33. The Kier molecular flexibility index (Phi) is 5.14. The molecule has 1 heterocycles. The number of rotatable bonds is 3. The van der Waals surface area contributed by atoms with Crippen LogP contribution in [0.25, 0.3) is 0 Å². The van der Waals surface area contributed by atoms with Gasteiger partial charge >= 0.3 is 6.18 Å². The van der Waals surface area contributed by atoms with Crippen LogP contribution in [0.4, 0.5) is 18.9 Å². The summed E-state index contributed by atoms with van der Waals surface area (Å²) in [5.41, 5.74) is -1.59. The third kappa shape index (κ3) is 3.77. The van der Waals surface area contributed by atoms with E-state index in [0.717, 1.165) is 29.2 Å². The molecule has 2 aromatic carbocycles. The van der Waals surface area contributed by atoms with Crippen molar-refractivity contribution in [3.05, 3.63) is 71.0 Å². The number of carbonyl (C=O) groups excluding carboxylic acids is 2. The molecule has 0 aromatic heterocycles. The number of alkyl halides is 3. The van der Waals surface area contributed by atoms with E-state index < -0.39 is 40.6 Å². The van der Waals surface area contributed by atoms with Crippen molar-refractivity contribution in [1.29, 1.82) is 0 Å². The molecule has 30 heavy (non-hydrogen) atoms. The molecule has 2 aromatic rings. The summed E-state index contributed by atoms with van der Waals surface area (Å²) in [5, 5.41) is 20.4. The molecular formula is C22H20F3NO4. The van der Waals surface area contributed by atoms with Gasteiger partial charge in [0, 0.05) is 11.1 Å². The van der Waals surface area contributed by atoms with E-state index in [0.29, 0.717) is 5.56 Å². The molecule has 0 bridgehead atoms. The first-order valence-corrected chi connectivity index (χ1v) is 9.10. The minimum absolute atomic E-state index is 0.0737. The van der Waals surface area contributed by atoms with Crippen LogP contribution in [0.3, 0.4) is 0 Å². The van der Waals surface area contributed by atoms with Crippen molar-refractivity contribution in [1.82, 2.24) is 0 Å². The van der Waals surface area contributed by atoms with E-state index in [1.165, 1.54) is 18.2 Å². The number of anilines is 1. The standard InChI is InChI=1S/C22H20F3NO4/c1-21(2,3)19(29)16-17(12-5-4-6-15(27)11-12)26(20(30)18(16)28)14-9-7-13(8-10-14)22(23,24)25/h4-11,17,27-28H,1-3H3. The Morgan fingerprint density at radius 2 is 1.60 bits per heavy atom. The maximum absolute atomic E-state index is 13.0. The van der Waals surface area contributed by atoms with Crippen LogP contribution in [0.1, 0.15) is 37.9 Å². The van der Waals surface area contributed by atoms with Crippen molar-refractivity contribution in [2.24, 2.45) is 5.41 Å². The van der Waals surface area contributed by atoms with Crippen molar-refractivity contribution in [3.63, 3.8) is 0 Å². The van der Waals surface area contributed by atoms with Crippen LogP contribution in [-0.2, 0) is 15.8 Å². The fraction of sp³-hybridized carbons (Fsp3) is 0.273. The topological polar surface area (TPSA) is 77.8 Å². The molecule has 1 aliphatic heterocycles. The van der Waals surface area contributed by atoms with Crippen LogP contribution in [0, 0.1) is 5.41 Å². The molecule has 0 fully saturated rings. The number of hydrogen-bond acceptors (Lipinski definition) is 4. The van der Waals surface area contributed by atoms with Gasteiger partial charge in [0.1, 0.15) is 5.75 Å². The molecule has 5 nitrogen and oxygen atoms in total. The zero-order valence-electron chi connectivity index (χ0n) is 16.5. The van der Waals surface area contributed by atoms with Gasteiger partial charge in [-0.3, -0.25) is 14.5 Å². The first-order chi connectivity index (χ1) is 13.8. The van der Waals surface area contributed by atoms with Crippen LogP contribution in [0.15, 0.2) is 59.9 Å². The Hall–Kier alpha value is -3.29. The summed E-state index contributed by atoms with van der Waals surface area (Å²) in [4.78, 5) is 27.0. The summed E-state index contributed by atoms with van der Waals surface area (Å²) in [5.74, 6) is -2.28. The number of hydrogen-bond donors (Lipinski definition) is 2. The number of benzene rings is 2. The second-order valence-corrected chi connectivity index (χ2v) is 8.06. The van der Waals surface area contributed by atoms with Gasteiger partial charge in [-0.1, -0.05) is 32.9 Å². The maximum atomic E-state index is 13.0. The molecule has 0 spiro atoms. The molecule has 1 unspecified atom stereocenters. The summed E-state index contributed by atoms with van der Waals surface area (Å²) < 4.78 is 38.8. The second kappa shape index (κ2) is 7.19. The third-order valence-electron chi connectivity index (χ3n) is 4.79. The van der Waals surface area contributed by atoms with Crippen molar-refractivity contribution < 1.29 is 33.0 Å². The Balaban J connectivity index is 2.17. The molecule has 0 saturated heterocycles. The van der Waals surface area contributed by atoms with Gasteiger partial charge in [-0.05, 0) is 42.0 Å². The predicted octanol–water partition coefficient (Wildman–Crippen LogP) is 4.93. The summed E-state index contributed by atoms with van der Waals surface area (Å²) in [7, 11) is 0. The van der Waals surface area contributed by atoms with Crippen molar-refractivity contribution in [2.75, 3.05) is 4.90 Å². The van der Waals surface area contributed by atoms with E-state index in [4.69, 9.17) is 0 Å². The maximum Gasteiger partial charge on any atom is 0.416 e. The summed E-state index contributed by atoms with van der Waals surface area (Å²) in [6.45, 7) is 4.88. The lowest BCUT2D eigenvalue weighted by Gasteiger charge is -2.29. The quantitative estimate of drug-likeness (QED) is 0.740. The van der Waals surface area contributed by atoms with Gasteiger partial charge < -0.3 is 10.2 Å². The molecule has 8 heteroatoms. The van der Waals surface area contributed by atoms with Gasteiger partial charge in [-0.15, -0.1) is 0 Å². The molecule has 1 amide bonds. The highest BCUT2D eigenvalue weighted by molar-refractivity contribution is 6.17. The molecule has 1 aliphatic rings. The highest BCUT2D eigenvalue weighted by Crippen LogP contribution is 2.44. The fourth-order valence-corrected chi connectivity index (χ4v) is 3.33. The number of aromatic hydroxyl groups is 1. The largest absolute Gasteiger partial charge is 0.508 e. The Labute approximate surface area is 171 Å². The number of nitrogens with zero attached hydrogens (tertiary/aromatic N) is 1. The average molecular weight is 419 g/mol. The van der Waals surface area contributed by atoms with Gasteiger partial charge in [0.2, 0.25) is 0 Å². The molecule has 1 atom stereocenters. The highest BCUT2D eigenvalue weighted by Gasteiger charge is 2.46. The highest BCUT2D eigenvalue weighted by atomic mass is 19.4. The van der Waals surface area contributed by atoms with Crippen LogP contribution < -0.4 is 4.90 Å². The monoisotopic (exact) mass is 419 g/mol. The van der Waals surface area contributed by atoms with Gasteiger partial charge in [0.05, 0.1) is 17.2 Å². The minimum Gasteiger partial charge on any atom is -0.508 e.